The lowest BCUT2D eigenvalue weighted by Gasteiger charge is -2.20. The molecule has 0 radical (unpaired) electrons. The predicted molar refractivity (Wildman–Crippen MR) is 82.4 cm³/mol. The molecule has 0 saturated carbocycles. The summed E-state index contributed by atoms with van der Waals surface area (Å²) in [6.07, 6.45) is 1.95. The van der Waals surface area contributed by atoms with E-state index in [0.29, 0.717) is 17.1 Å². The van der Waals surface area contributed by atoms with Gasteiger partial charge in [0.1, 0.15) is 0 Å². The molecule has 5 nitrogen and oxygen atoms in total. The van der Waals surface area contributed by atoms with E-state index in [1.807, 2.05) is 4.90 Å². The first-order valence-electron chi connectivity index (χ1n) is 6.99. The standard InChI is InChI=1S/C15H21ClN2O3/c1-2-3-8-18(9-10-19)11-14(20)17-15(21)12-4-6-13(16)7-5-12/h4-7,19H,2-3,8-11H2,1H3,(H,17,20,21). The van der Waals surface area contributed by atoms with E-state index >= 15 is 0 Å². The van der Waals surface area contributed by atoms with Gasteiger partial charge in [-0.05, 0) is 37.2 Å². The zero-order chi connectivity index (χ0) is 15.7. The molecule has 6 heteroatoms. The number of rotatable bonds is 8. The number of carbonyl (C=O) groups is 2. The van der Waals surface area contributed by atoms with E-state index in [9.17, 15) is 9.59 Å². The zero-order valence-electron chi connectivity index (χ0n) is 12.1. The minimum absolute atomic E-state index is 0.0118. The van der Waals surface area contributed by atoms with Crippen molar-refractivity contribution in [2.45, 2.75) is 19.8 Å². The Hall–Kier alpha value is -1.43. The monoisotopic (exact) mass is 312 g/mol. The molecule has 0 saturated heterocycles. The number of benzene rings is 1. The number of hydrogen-bond acceptors (Lipinski definition) is 4. The first-order valence-corrected chi connectivity index (χ1v) is 7.37. The number of aliphatic hydroxyl groups is 1. The lowest BCUT2D eigenvalue weighted by atomic mass is 10.2. The minimum atomic E-state index is -0.448. The molecule has 0 aliphatic heterocycles. The zero-order valence-corrected chi connectivity index (χ0v) is 12.9. The van der Waals surface area contributed by atoms with Gasteiger partial charge in [0.2, 0.25) is 5.91 Å². The minimum Gasteiger partial charge on any atom is -0.395 e. The van der Waals surface area contributed by atoms with Crippen LogP contribution in [0.1, 0.15) is 30.1 Å². The van der Waals surface area contributed by atoms with Crippen LogP contribution in [0.3, 0.4) is 0 Å². The van der Waals surface area contributed by atoms with E-state index < -0.39 is 5.91 Å². The second-order valence-corrected chi connectivity index (χ2v) is 5.17. The van der Waals surface area contributed by atoms with Crippen LogP contribution in [0, 0.1) is 0 Å². The molecule has 2 N–H and O–H groups in total. The lowest BCUT2D eigenvalue weighted by Crippen LogP contribution is -2.41. The van der Waals surface area contributed by atoms with Crippen LogP contribution in [0.15, 0.2) is 24.3 Å². The maximum absolute atomic E-state index is 11.9. The Balaban J connectivity index is 2.50. The van der Waals surface area contributed by atoms with Crippen molar-refractivity contribution in [3.05, 3.63) is 34.9 Å². The van der Waals surface area contributed by atoms with E-state index in [0.717, 1.165) is 19.4 Å². The Bertz CT molecular complexity index is 462. The van der Waals surface area contributed by atoms with Gasteiger partial charge in [-0.2, -0.15) is 0 Å². The van der Waals surface area contributed by atoms with Crippen molar-refractivity contribution < 1.29 is 14.7 Å². The maximum atomic E-state index is 11.9. The van der Waals surface area contributed by atoms with Crippen LogP contribution >= 0.6 is 11.6 Å². The highest BCUT2D eigenvalue weighted by molar-refractivity contribution is 6.30. The van der Waals surface area contributed by atoms with Crippen molar-refractivity contribution in [1.82, 2.24) is 10.2 Å². The summed E-state index contributed by atoms with van der Waals surface area (Å²) in [5.41, 5.74) is 0.384. The molecule has 0 heterocycles. The molecule has 0 unspecified atom stereocenters. The van der Waals surface area contributed by atoms with E-state index in [-0.39, 0.29) is 19.1 Å². The number of aliphatic hydroxyl groups excluding tert-OH is 1. The summed E-state index contributed by atoms with van der Waals surface area (Å²) in [5.74, 6) is -0.824. The van der Waals surface area contributed by atoms with Crippen molar-refractivity contribution >= 4 is 23.4 Å². The molecule has 21 heavy (non-hydrogen) atoms. The fourth-order valence-corrected chi connectivity index (χ4v) is 1.96. The fourth-order valence-electron chi connectivity index (χ4n) is 1.84. The van der Waals surface area contributed by atoms with E-state index in [1.54, 1.807) is 24.3 Å². The van der Waals surface area contributed by atoms with Gasteiger partial charge in [-0.3, -0.25) is 19.8 Å². The second-order valence-electron chi connectivity index (χ2n) is 4.74. The Kier molecular flexibility index (Phi) is 7.97. The van der Waals surface area contributed by atoms with Crippen LogP contribution in [-0.2, 0) is 4.79 Å². The third-order valence-corrected chi connectivity index (χ3v) is 3.22. The Labute approximate surface area is 129 Å². The van der Waals surface area contributed by atoms with Crippen LogP contribution in [0.4, 0.5) is 0 Å². The SMILES string of the molecule is CCCCN(CCO)CC(=O)NC(=O)c1ccc(Cl)cc1. The van der Waals surface area contributed by atoms with Gasteiger partial charge in [0.25, 0.3) is 5.91 Å². The topological polar surface area (TPSA) is 69.6 Å². The second kappa shape index (κ2) is 9.50. The molecular weight excluding hydrogens is 292 g/mol. The normalized spacial score (nSPS) is 10.7. The molecule has 1 aromatic rings. The Morgan fingerprint density at radius 3 is 2.48 bits per heavy atom. The molecule has 0 aliphatic carbocycles. The molecule has 2 amide bonds. The molecule has 0 spiro atoms. The number of unbranched alkanes of at least 4 members (excludes halogenated alkanes) is 1. The van der Waals surface area contributed by atoms with Gasteiger partial charge < -0.3 is 5.11 Å². The van der Waals surface area contributed by atoms with Gasteiger partial charge in [-0.15, -0.1) is 0 Å². The molecule has 0 bridgehead atoms. The third-order valence-electron chi connectivity index (χ3n) is 2.97. The summed E-state index contributed by atoms with van der Waals surface area (Å²) >= 11 is 5.75. The summed E-state index contributed by atoms with van der Waals surface area (Å²) < 4.78 is 0. The number of hydrogen-bond donors (Lipinski definition) is 2. The quantitative estimate of drug-likeness (QED) is 0.766. The average molecular weight is 313 g/mol. The molecule has 116 valence electrons. The average Bonchev–Trinajstić information content (AvgIpc) is 2.45. The molecule has 0 fully saturated rings. The van der Waals surface area contributed by atoms with Gasteiger partial charge in [-0.25, -0.2) is 0 Å². The van der Waals surface area contributed by atoms with Crippen LogP contribution in [0.5, 0.6) is 0 Å². The van der Waals surface area contributed by atoms with E-state index in [4.69, 9.17) is 16.7 Å². The number of imide groups is 1. The number of nitrogens with one attached hydrogen (secondary N) is 1. The van der Waals surface area contributed by atoms with Crippen molar-refractivity contribution in [2.24, 2.45) is 0 Å². The maximum Gasteiger partial charge on any atom is 0.257 e. The first-order chi connectivity index (χ1) is 10.1. The Morgan fingerprint density at radius 2 is 1.90 bits per heavy atom. The van der Waals surface area contributed by atoms with Gasteiger partial charge in [0, 0.05) is 17.1 Å². The fraction of sp³-hybridized carbons (Fsp3) is 0.467. The molecule has 1 rings (SSSR count). The highest BCUT2D eigenvalue weighted by Crippen LogP contribution is 2.09. The van der Waals surface area contributed by atoms with Crippen molar-refractivity contribution in [3.8, 4) is 0 Å². The van der Waals surface area contributed by atoms with Gasteiger partial charge in [0.15, 0.2) is 0 Å². The summed E-state index contributed by atoms with van der Waals surface area (Å²) in [4.78, 5) is 25.6. The highest BCUT2D eigenvalue weighted by atomic mass is 35.5. The third kappa shape index (κ3) is 6.71. The van der Waals surface area contributed by atoms with Gasteiger partial charge >= 0.3 is 0 Å². The van der Waals surface area contributed by atoms with Crippen LogP contribution < -0.4 is 5.32 Å². The number of amides is 2. The summed E-state index contributed by atoms with van der Waals surface area (Å²) in [5, 5.41) is 11.9. The lowest BCUT2D eigenvalue weighted by molar-refractivity contribution is -0.121. The molecular formula is C15H21ClN2O3. The largest absolute Gasteiger partial charge is 0.395 e. The van der Waals surface area contributed by atoms with Crippen LogP contribution in [0.25, 0.3) is 0 Å². The predicted octanol–water partition coefficient (Wildman–Crippen LogP) is 1.69. The van der Waals surface area contributed by atoms with Crippen LogP contribution in [0.2, 0.25) is 5.02 Å². The smallest absolute Gasteiger partial charge is 0.257 e. The molecule has 0 aliphatic rings. The number of nitrogens with zero attached hydrogens (tertiary/aromatic N) is 1. The van der Waals surface area contributed by atoms with Gasteiger partial charge in [0.05, 0.1) is 13.2 Å². The number of carbonyl (C=O) groups excluding carboxylic acids is 2. The highest BCUT2D eigenvalue weighted by Gasteiger charge is 2.14. The van der Waals surface area contributed by atoms with Gasteiger partial charge in [-0.1, -0.05) is 24.9 Å². The van der Waals surface area contributed by atoms with E-state index in [1.165, 1.54) is 0 Å². The van der Waals surface area contributed by atoms with E-state index in [2.05, 4.69) is 12.2 Å². The summed E-state index contributed by atoms with van der Waals surface area (Å²) in [6, 6.07) is 6.32. The van der Waals surface area contributed by atoms with Crippen molar-refractivity contribution in [2.75, 3.05) is 26.2 Å². The summed E-state index contributed by atoms with van der Waals surface area (Å²) in [7, 11) is 0. The van der Waals surface area contributed by atoms with Crippen LogP contribution in [-0.4, -0.2) is 48.1 Å². The summed E-state index contributed by atoms with van der Waals surface area (Å²) in [6.45, 7) is 3.28. The first kappa shape index (κ1) is 17.6. The molecule has 0 aromatic heterocycles. The molecule has 1 aromatic carbocycles. The van der Waals surface area contributed by atoms with Crippen molar-refractivity contribution in [1.29, 1.82) is 0 Å². The number of halogens is 1. The van der Waals surface area contributed by atoms with Crippen molar-refractivity contribution in [3.63, 3.8) is 0 Å². The Morgan fingerprint density at radius 1 is 1.24 bits per heavy atom. The molecule has 0 atom stereocenters.